The molecule has 106 valence electrons. The fourth-order valence-electron chi connectivity index (χ4n) is 2.42. The van der Waals surface area contributed by atoms with Crippen molar-refractivity contribution in [2.24, 2.45) is 11.8 Å². The molecule has 1 N–H and O–H groups in total. The summed E-state index contributed by atoms with van der Waals surface area (Å²) in [6.07, 6.45) is 3.15. The molecule has 1 aliphatic rings. The summed E-state index contributed by atoms with van der Waals surface area (Å²) in [5.41, 5.74) is 0. The van der Waals surface area contributed by atoms with Crippen molar-refractivity contribution in [3.8, 4) is 0 Å². The molecule has 0 saturated carbocycles. The summed E-state index contributed by atoms with van der Waals surface area (Å²) < 4.78 is 9.94. The Bertz CT molecular complexity index is 413. The normalized spacial score (nSPS) is 21.1. The lowest BCUT2D eigenvalue weighted by Gasteiger charge is -2.27. The molecule has 0 aromatic carbocycles. The van der Waals surface area contributed by atoms with Crippen molar-refractivity contribution < 1.29 is 14.1 Å². The van der Waals surface area contributed by atoms with Crippen LogP contribution in [0.1, 0.15) is 43.2 Å². The molecule has 6 heteroatoms. The number of ether oxygens (including phenoxy) is 1. The van der Waals surface area contributed by atoms with Crippen LogP contribution in [0.25, 0.3) is 0 Å². The largest absolute Gasteiger partial charge is 0.460 e. The molecule has 0 bridgehead atoms. The van der Waals surface area contributed by atoms with Crippen LogP contribution in [0.4, 0.5) is 0 Å². The third-order valence-corrected chi connectivity index (χ3v) is 3.56. The molecule has 1 fully saturated rings. The Labute approximate surface area is 112 Å². The van der Waals surface area contributed by atoms with Crippen LogP contribution in [-0.2, 0) is 11.2 Å². The SMILES string of the molecule is CCOC(=O)c1noc(CC(C)C2CCCNC2)n1. The first-order valence-corrected chi connectivity index (χ1v) is 6.91. The standard InChI is InChI=1S/C13H21N3O3/c1-3-18-13(17)12-15-11(19-16-12)7-9(2)10-5-4-6-14-8-10/h9-10,14H,3-8H2,1-2H3. The summed E-state index contributed by atoms with van der Waals surface area (Å²) in [5.74, 6) is 1.10. The van der Waals surface area contributed by atoms with Crippen LogP contribution in [0.2, 0.25) is 0 Å². The minimum absolute atomic E-state index is 0.0193. The van der Waals surface area contributed by atoms with Crippen LogP contribution in [-0.4, -0.2) is 35.8 Å². The van der Waals surface area contributed by atoms with Crippen LogP contribution >= 0.6 is 0 Å². The van der Waals surface area contributed by atoms with E-state index in [0.29, 0.717) is 30.8 Å². The van der Waals surface area contributed by atoms with Crippen molar-refractivity contribution in [1.82, 2.24) is 15.5 Å². The molecule has 1 aromatic rings. The van der Waals surface area contributed by atoms with E-state index in [0.717, 1.165) is 13.1 Å². The van der Waals surface area contributed by atoms with E-state index in [1.165, 1.54) is 12.8 Å². The van der Waals surface area contributed by atoms with Crippen molar-refractivity contribution in [2.45, 2.75) is 33.1 Å². The first kappa shape index (κ1) is 14.0. The second-order valence-corrected chi connectivity index (χ2v) is 5.02. The lowest BCUT2D eigenvalue weighted by Crippen LogP contribution is -2.33. The highest BCUT2D eigenvalue weighted by atomic mass is 16.5. The van der Waals surface area contributed by atoms with Crippen LogP contribution in [0, 0.1) is 11.8 Å². The fraction of sp³-hybridized carbons (Fsp3) is 0.769. The smallest absolute Gasteiger partial charge is 0.379 e. The van der Waals surface area contributed by atoms with E-state index in [9.17, 15) is 4.79 Å². The highest BCUT2D eigenvalue weighted by Gasteiger charge is 2.23. The maximum absolute atomic E-state index is 11.4. The van der Waals surface area contributed by atoms with E-state index in [2.05, 4.69) is 22.4 Å². The number of carbonyl (C=O) groups is 1. The number of rotatable bonds is 5. The van der Waals surface area contributed by atoms with Gasteiger partial charge in [-0.3, -0.25) is 0 Å². The number of carbonyl (C=O) groups excluding carboxylic acids is 1. The zero-order valence-electron chi connectivity index (χ0n) is 11.5. The van der Waals surface area contributed by atoms with Crippen LogP contribution < -0.4 is 5.32 Å². The van der Waals surface area contributed by atoms with Crippen molar-refractivity contribution in [2.75, 3.05) is 19.7 Å². The average Bonchev–Trinajstić information content (AvgIpc) is 2.88. The summed E-state index contributed by atoms with van der Waals surface area (Å²) in [6, 6.07) is 0. The summed E-state index contributed by atoms with van der Waals surface area (Å²) in [7, 11) is 0. The number of hydrogen-bond donors (Lipinski definition) is 1. The quantitative estimate of drug-likeness (QED) is 0.813. The van der Waals surface area contributed by atoms with Crippen molar-refractivity contribution in [3.05, 3.63) is 11.7 Å². The second-order valence-electron chi connectivity index (χ2n) is 5.02. The van der Waals surface area contributed by atoms with E-state index in [-0.39, 0.29) is 5.82 Å². The van der Waals surface area contributed by atoms with Crippen molar-refractivity contribution in [1.29, 1.82) is 0 Å². The Morgan fingerprint density at radius 3 is 3.16 bits per heavy atom. The molecular formula is C13H21N3O3. The molecule has 0 spiro atoms. The zero-order valence-corrected chi connectivity index (χ0v) is 11.5. The number of esters is 1. The first-order valence-electron chi connectivity index (χ1n) is 6.91. The molecule has 0 radical (unpaired) electrons. The number of nitrogens with one attached hydrogen (secondary N) is 1. The molecule has 1 saturated heterocycles. The van der Waals surface area contributed by atoms with Gasteiger partial charge in [-0.05, 0) is 49.8 Å². The predicted molar refractivity (Wildman–Crippen MR) is 68.7 cm³/mol. The molecule has 2 atom stereocenters. The first-order chi connectivity index (χ1) is 9.20. The van der Waals surface area contributed by atoms with Gasteiger partial charge in [0.2, 0.25) is 5.89 Å². The maximum Gasteiger partial charge on any atom is 0.379 e. The lowest BCUT2D eigenvalue weighted by atomic mass is 9.85. The van der Waals surface area contributed by atoms with E-state index < -0.39 is 5.97 Å². The van der Waals surface area contributed by atoms with Gasteiger partial charge in [-0.15, -0.1) is 0 Å². The molecule has 2 rings (SSSR count). The zero-order chi connectivity index (χ0) is 13.7. The minimum Gasteiger partial charge on any atom is -0.460 e. The topological polar surface area (TPSA) is 77.2 Å². The Morgan fingerprint density at radius 1 is 1.63 bits per heavy atom. The van der Waals surface area contributed by atoms with Crippen LogP contribution in [0.15, 0.2) is 4.52 Å². The van der Waals surface area contributed by atoms with Gasteiger partial charge in [-0.1, -0.05) is 6.92 Å². The van der Waals surface area contributed by atoms with Gasteiger partial charge in [0.1, 0.15) is 0 Å². The number of piperidine rings is 1. The second kappa shape index (κ2) is 6.65. The fourth-order valence-corrected chi connectivity index (χ4v) is 2.42. The number of aromatic nitrogens is 2. The van der Waals surface area contributed by atoms with Gasteiger partial charge in [0.25, 0.3) is 5.82 Å². The molecule has 2 heterocycles. The van der Waals surface area contributed by atoms with Crippen LogP contribution in [0.3, 0.4) is 0 Å². The van der Waals surface area contributed by atoms with E-state index in [1.807, 2.05) is 0 Å². The predicted octanol–water partition coefficient (Wildman–Crippen LogP) is 1.42. The van der Waals surface area contributed by atoms with E-state index in [4.69, 9.17) is 9.26 Å². The lowest BCUT2D eigenvalue weighted by molar-refractivity contribution is 0.0508. The number of nitrogens with zero attached hydrogens (tertiary/aromatic N) is 2. The summed E-state index contributed by atoms with van der Waals surface area (Å²) in [5, 5.41) is 7.06. The van der Waals surface area contributed by atoms with Gasteiger partial charge in [0, 0.05) is 6.42 Å². The third-order valence-electron chi connectivity index (χ3n) is 3.56. The van der Waals surface area contributed by atoms with Gasteiger partial charge in [-0.25, -0.2) is 4.79 Å². The summed E-state index contributed by atoms with van der Waals surface area (Å²) >= 11 is 0. The highest BCUT2D eigenvalue weighted by molar-refractivity contribution is 5.84. The molecule has 0 aliphatic carbocycles. The Balaban J connectivity index is 1.90. The molecule has 0 amide bonds. The maximum atomic E-state index is 11.4. The van der Waals surface area contributed by atoms with E-state index in [1.54, 1.807) is 6.92 Å². The molecule has 1 aromatic heterocycles. The summed E-state index contributed by atoms with van der Waals surface area (Å²) in [6.45, 7) is 6.40. The van der Waals surface area contributed by atoms with Gasteiger partial charge in [-0.2, -0.15) is 4.98 Å². The minimum atomic E-state index is -0.524. The molecular weight excluding hydrogens is 246 g/mol. The molecule has 2 unspecified atom stereocenters. The Kier molecular flexibility index (Phi) is 4.90. The van der Waals surface area contributed by atoms with E-state index >= 15 is 0 Å². The highest BCUT2D eigenvalue weighted by Crippen LogP contribution is 2.22. The molecule has 19 heavy (non-hydrogen) atoms. The Hall–Kier alpha value is -1.43. The van der Waals surface area contributed by atoms with Gasteiger partial charge < -0.3 is 14.6 Å². The monoisotopic (exact) mass is 267 g/mol. The summed E-state index contributed by atoms with van der Waals surface area (Å²) in [4.78, 5) is 15.5. The molecule has 1 aliphatic heterocycles. The van der Waals surface area contributed by atoms with Crippen LogP contribution in [0.5, 0.6) is 0 Å². The van der Waals surface area contributed by atoms with Crippen molar-refractivity contribution in [3.63, 3.8) is 0 Å². The van der Waals surface area contributed by atoms with Crippen molar-refractivity contribution >= 4 is 5.97 Å². The third kappa shape index (κ3) is 3.76. The van der Waals surface area contributed by atoms with Gasteiger partial charge in [0.15, 0.2) is 0 Å². The number of hydrogen-bond acceptors (Lipinski definition) is 6. The Morgan fingerprint density at radius 2 is 2.47 bits per heavy atom. The average molecular weight is 267 g/mol. The van der Waals surface area contributed by atoms with Gasteiger partial charge >= 0.3 is 5.97 Å². The molecule has 6 nitrogen and oxygen atoms in total. The van der Waals surface area contributed by atoms with Gasteiger partial charge in [0.05, 0.1) is 6.61 Å².